The number of nitrogens with two attached hydrogens (primary N) is 1. The van der Waals surface area contributed by atoms with Crippen molar-refractivity contribution >= 4 is 15.9 Å². The van der Waals surface area contributed by atoms with Crippen LogP contribution in [0.4, 0.5) is 13.2 Å². The Hall–Kier alpha value is -1.34. The van der Waals surface area contributed by atoms with Gasteiger partial charge in [0.2, 0.25) is 0 Å². The van der Waals surface area contributed by atoms with Crippen LogP contribution in [0.25, 0.3) is 5.69 Å². The van der Waals surface area contributed by atoms with E-state index in [1.807, 2.05) is 6.92 Å². The maximum Gasteiger partial charge on any atom is 0.419 e. The Morgan fingerprint density at radius 1 is 1.37 bits per heavy atom. The van der Waals surface area contributed by atoms with E-state index in [0.29, 0.717) is 10.2 Å². The van der Waals surface area contributed by atoms with Crippen molar-refractivity contribution in [2.45, 2.75) is 19.1 Å². The highest BCUT2D eigenvalue weighted by atomic mass is 79.9. The summed E-state index contributed by atoms with van der Waals surface area (Å²) in [4.78, 5) is 0. The average Bonchev–Trinajstić information content (AvgIpc) is 2.77. The number of hydrogen-bond donors (Lipinski definition) is 1. The van der Waals surface area contributed by atoms with Gasteiger partial charge in [-0.15, -0.1) is 0 Å². The standard InChI is InChI=1S/C12H11BrF3N3/c1-7(17)8-2-3-11(10(13)4-8)19-6-9(5-18-19)12(14,15)16/h2-7H,17H2,1H3/t7-/m1/s1. The highest BCUT2D eigenvalue weighted by molar-refractivity contribution is 9.10. The number of rotatable bonds is 2. The molecule has 102 valence electrons. The summed E-state index contributed by atoms with van der Waals surface area (Å²) in [6.45, 7) is 1.83. The van der Waals surface area contributed by atoms with Gasteiger partial charge in [0.15, 0.2) is 0 Å². The highest BCUT2D eigenvalue weighted by Gasteiger charge is 2.32. The van der Waals surface area contributed by atoms with Gasteiger partial charge in [0.05, 0.1) is 17.4 Å². The first-order valence-electron chi connectivity index (χ1n) is 5.46. The molecule has 0 bridgehead atoms. The summed E-state index contributed by atoms with van der Waals surface area (Å²) in [5.74, 6) is 0. The Labute approximate surface area is 116 Å². The van der Waals surface area contributed by atoms with Crippen molar-refractivity contribution < 1.29 is 13.2 Å². The predicted molar refractivity (Wildman–Crippen MR) is 68.9 cm³/mol. The molecule has 1 aromatic carbocycles. The van der Waals surface area contributed by atoms with E-state index >= 15 is 0 Å². The number of nitrogens with zero attached hydrogens (tertiary/aromatic N) is 2. The lowest BCUT2D eigenvalue weighted by molar-refractivity contribution is -0.137. The summed E-state index contributed by atoms with van der Waals surface area (Å²) < 4.78 is 39.3. The van der Waals surface area contributed by atoms with Gasteiger partial charge >= 0.3 is 6.18 Å². The third kappa shape index (κ3) is 2.98. The molecule has 0 fully saturated rings. The third-order valence-electron chi connectivity index (χ3n) is 2.65. The smallest absolute Gasteiger partial charge is 0.324 e. The van der Waals surface area contributed by atoms with Crippen LogP contribution in [-0.4, -0.2) is 9.78 Å². The van der Waals surface area contributed by atoms with Gasteiger partial charge < -0.3 is 5.73 Å². The van der Waals surface area contributed by atoms with E-state index in [9.17, 15) is 13.2 Å². The Kier molecular flexibility index (Phi) is 3.69. The van der Waals surface area contributed by atoms with E-state index in [0.717, 1.165) is 18.0 Å². The molecule has 1 heterocycles. The number of benzene rings is 1. The van der Waals surface area contributed by atoms with Crippen LogP contribution in [0.15, 0.2) is 35.1 Å². The van der Waals surface area contributed by atoms with Crippen LogP contribution in [0.2, 0.25) is 0 Å². The average molecular weight is 334 g/mol. The lowest BCUT2D eigenvalue weighted by Gasteiger charge is -2.10. The molecule has 1 aromatic heterocycles. The quantitative estimate of drug-likeness (QED) is 0.911. The Morgan fingerprint density at radius 2 is 2.05 bits per heavy atom. The van der Waals surface area contributed by atoms with Crippen LogP contribution < -0.4 is 5.73 Å². The lowest BCUT2D eigenvalue weighted by atomic mass is 10.1. The Morgan fingerprint density at radius 3 is 2.53 bits per heavy atom. The first kappa shape index (κ1) is 14.1. The zero-order chi connectivity index (χ0) is 14.2. The van der Waals surface area contributed by atoms with E-state index in [-0.39, 0.29) is 6.04 Å². The number of aromatic nitrogens is 2. The number of halogens is 4. The molecular formula is C12H11BrF3N3. The molecule has 0 aliphatic carbocycles. The molecular weight excluding hydrogens is 323 g/mol. The molecule has 2 rings (SSSR count). The molecule has 0 radical (unpaired) electrons. The SMILES string of the molecule is C[C@@H](N)c1ccc(-n2cc(C(F)(F)F)cn2)c(Br)c1. The summed E-state index contributed by atoms with van der Waals surface area (Å²) in [6, 6.07) is 5.07. The lowest BCUT2D eigenvalue weighted by Crippen LogP contribution is -2.06. The van der Waals surface area contributed by atoms with Crippen LogP contribution in [0.1, 0.15) is 24.1 Å². The molecule has 2 N–H and O–H groups in total. The number of hydrogen-bond acceptors (Lipinski definition) is 2. The zero-order valence-corrected chi connectivity index (χ0v) is 11.5. The summed E-state index contributed by atoms with van der Waals surface area (Å²) >= 11 is 3.31. The summed E-state index contributed by atoms with van der Waals surface area (Å²) in [5.41, 5.74) is 6.37. The molecule has 0 spiro atoms. The van der Waals surface area contributed by atoms with Crippen LogP contribution in [0.5, 0.6) is 0 Å². The van der Waals surface area contributed by atoms with Crippen molar-refractivity contribution in [3.63, 3.8) is 0 Å². The molecule has 7 heteroatoms. The molecule has 0 aliphatic rings. The summed E-state index contributed by atoms with van der Waals surface area (Å²) in [6.07, 6.45) is -2.64. The minimum Gasteiger partial charge on any atom is -0.324 e. The fourth-order valence-corrected chi connectivity index (χ4v) is 2.17. The minimum atomic E-state index is -4.39. The van der Waals surface area contributed by atoms with Gasteiger partial charge in [-0.1, -0.05) is 6.07 Å². The first-order valence-corrected chi connectivity index (χ1v) is 6.25. The van der Waals surface area contributed by atoms with E-state index in [2.05, 4.69) is 21.0 Å². The molecule has 0 aliphatic heterocycles. The fraction of sp³-hybridized carbons (Fsp3) is 0.250. The number of alkyl halides is 3. The largest absolute Gasteiger partial charge is 0.419 e. The topological polar surface area (TPSA) is 43.8 Å². The molecule has 19 heavy (non-hydrogen) atoms. The van der Waals surface area contributed by atoms with Crippen LogP contribution >= 0.6 is 15.9 Å². The predicted octanol–water partition coefficient (Wildman–Crippen LogP) is 3.67. The van der Waals surface area contributed by atoms with Crippen molar-refractivity contribution in [1.82, 2.24) is 9.78 Å². The second-order valence-corrected chi connectivity index (χ2v) is 5.03. The van der Waals surface area contributed by atoms with Gasteiger partial charge in [-0.3, -0.25) is 0 Å². The summed E-state index contributed by atoms with van der Waals surface area (Å²) in [5, 5.41) is 3.72. The normalized spacial score (nSPS) is 13.6. The van der Waals surface area contributed by atoms with Gasteiger partial charge in [-0.25, -0.2) is 4.68 Å². The first-order chi connectivity index (χ1) is 8.79. The van der Waals surface area contributed by atoms with Gasteiger partial charge in [-0.2, -0.15) is 18.3 Å². The molecule has 1 atom stereocenters. The fourth-order valence-electron chi connectivity index (χ4n) is 1.59. The van der Waals surface area contributed by atoms with E-state index in [1.165, 1.54) is 4.68 Å². The Bertz CT molecular complexity index is 590. The van der Waals surface area contributed by atoms with E-state index < -0.39 is 11.7 Å². The Balaban J connectivity index is 2.40. The van der Waals surface area contributed by atoms with Crippen molar-refractivity contribution in [3.05, 3.63) is 46.2 Å². The van der Waals surface area contributed by atoms with Crippen molar-refractivity contribution in [2.24, 2.45) is 5.73 Å². The van der Waals surface area contributed by atoms with E-state index in [4.69, 9.17) is 5.73 Å². The van der Waals surface area contributed by atoms with Gasteiger partial charge in [0, 0.05) is 16.7 Å². The van der Waals surface area contributed by atoms with Crippen molar-refractivity contribution in [2.75, 3.05) is 0 Å². The van der Waals surface area contributed by atoms with Crippen LogP contribution in [-0.2, 0) is 6.18 Å². The highest BCUT2D eigenvalue weighted by Crippen LogP contribution is 2.30. The second kappa shape index (κ2) is 4.97. The minimum absolute atomic E-state index is 0.145. The monoisotopic (exact) mass is 333 g/mol. The van der Waals surface area contributed by atoms with Crippen LogP contribution in [0.3, 0.4) is 0 Å². The molecule has 0 amide bonds. The molecule has 2 aromatic rings. The van der Waals surface area contributed by atoms with Crippen molar-refractivity contribution in [3.8, 4) is 5.69 Å². The molecule has 3 nitrogen and oxygen atoms in total. The maximum atomic E-state index is 12.5. The van der Waals surface area contributed by atoms with E-state index in [1.54, 1.807) is 18.2 Å². The summed E-state index contributed by atoms with van der Waals surface area (Å²) in [7, 11) is 0. The molecule has 0 saturated carbocycles. The second-order valence-electron chi connectivity index (χ2n) is 4.17. The van der Waals surface area contributed by atoms with Crippen molar-refractivity contribution in [1.29, 1.82) is 0 Å². The maximum absolute atomic E-state index is 12.5. The third-order valence-corrected chi connectivity index (χ3v) is 3.29. The molecule has 0 saturated heterocycles. The zero-order valence-electron chi connectivity index (χ0n) is 9.95. The van der Waals surface area contributed by atoms with Crippen LogP contribution in [0, 0.1) is 0 Å². The van der Waals surface area contributed by atoms with Gasteiger partial charge in [-0.05, 0) is 40.5 Å². The van der Waals surface area contributed by atoms with Gasteiger partial charge in [0.1, 0.15) is 0 Å². The molecule has 0 unspecified atom stereocenters. The van der Waals surface area contributed by atoms with Gasteiger partial charge in [0.25, 0.3) is 0 Å².